The molecule has 0 aromatic carbocycles. The van der Waals surface area contributed by atoms with Gasteiger partial charge in [-0.2, -0.15) is 0 Å². The Hall–Kier alpha value is -0.120. The summed E-state index contributed by atoms with van der Waals surface area (Å²) in [5.41, 5.74) is 0. The van der Waals surface area contributed by atoms with Crippen molar-refractivity contribution in [2.45, 2.75) is 135 Å². The molecule has 2 N–H and O–H groups in total. The molecule has 0 saturated carbocycles. The van der Waals surface area contributed by atoms with Gasteiger partial charge in [-0.15, -0.1) is 0 Å². The third-order valence-corrected chi connectivity index (χ3v) is 5.29. The monoisotopic (exact) mass is 372 g/mol. The highest BCUT2D eigenvalue weighted by Gasteiger charge is 2.25. The lowest BCUT2D eigenvalue weighted by Crippen LogP contribution is -2.37. The number of aliphatic hydroxyl groups excluding tert-OH is 1. The van der Waals surface area contributed by atoms with Crippen molar-refractivity contribution in [2.75, 3.05) is 13.2 Å². The van der Waals surface area contributed by atoms with Gasteiger partial charge in [0.25, 0.3) is 0 Å². The first-order valence-electron chi connectivity index (χ1n) is 11.7. The fourth-order valence-corrected chi connectivity index (χ4v) is 3.41. The summed E-state index contributed by atoms with van der Waals surface area (Å²) in [6.45, 7) is 4.76. The Morgan fingerprint density at radius 2 is 0.962 bits per heavy atom. The first kappa shape index (κ1) is 25.9. The van der Waals surface area contributed by atoms with Crippen molar-refractivity contribution in [1.82, 2.24) is 0 Å². The summed E-state index contributed by atoms with van der Waals surface area (Å²) >= 11 is 0. The standard InChI is InChI=1S/C23H48O3/c1-3-5-7-9-11-12-13-14-16-18-20-23(25,22-24)26-21-19-17-15-10-8-6-4-2/h24-25H,3-22H2,1-2H3. The first-order chi connectivity index (χ1) is 12.7. The second-order valence-corrected chi connectivity index (χ2v) is 8.01. The number of unbranched alkanes of at least 4 members (excludes halogenated alkanes) is 15. The van der Waals surface area contributed by atoms with Crippen LogP contribution in [-0.2, 0) is 4.74 Å². The summed E-state index contributed by atoms with van der Waals surface area (Å²) in [4.78, 5) is 0. The summed E-state index contributed by atoms with van der Waals surface area (Å²) in [5.74, 6) is -1.32. The van der Waals surface area contributed by atoms with E-state index in [2.05, 4.69) is 13.8 Å². The number of rotatable bonds is 21. The third kappa shape index (κ3) is 17.3. The van der Waals surface area contributed by atoms with Crippen LogP contribution in [0.2, 0.25) is 0 Å². The van der Waals surface area contributed by atoms with Gasteiger partial charge in [-0.05, 0) is 12.8 Å². The Bertz CT molecular complexity index is 270. The van der Waals surface area contributed by atoms with E-state index >= 15 is 0 Å². The van der Waals surface area contributed by atoms with Crippen LogP contribution >= 0.6 is 0 Å². The lowest BCUT2D eigenvalue weighted by atomic mass is 10.0. The molecule has 1 unspecified atom stereocenters. The molecule has 0 aliphatic carbocycles. The van der Waals surface area contributed by atoms with E-state index in [9.17, 15) is 10.2 Å². The zero-order valence-electron chi connectivity index (χ0n) is 17.9. The maximum atomic E-state index is 10.3. The molecule has 1 atom stereocenters. The topological polar surface area (TPSA) is 49.7 Å². The van der Waals surface area contributed by atoms with Gasteiger partial charge in [0.15, 0.2) is 5.79 Å². The number of aliphatic hydroxyl groups is 2. The van der Waals surface area contributed by atoms with E-state index in [0.29, 0.717) is 13.0 Å². The van der Waals surface area contributed by atoms with Crippen molar-refractivity contribution in [1.29, 1.82) is 0 Å². The van der Waals surface area contributed by atoms with Crippen LogP contribution in [0.5, 0.6) is 0 Å². The van der Waals surface area contributed by atoms with Gasteiger partial charge < -0.3 is 14.9 Å². The van der Waals surface area contributed by atoms with E-state index in [1.165, 1.54) is 83.5 Å². The molecule has 0 aliphatic rings. The minimum absolute atomic E-state index is 0.291. The number of hydrogen-bond acceptors (Lipinski definition) is 3. The van der Waals surface area contributed by atoms with Crippen LogP contribution in [-0.4, -0.2) is 29.2 Å². The molecule has 0 radical (unpaired) electrons. The fourth-order valence-electron chi connectivity index (χ4n) is 3.41. The largest absolute Gasteiger partial charge is 0.391 e. The Labute approximate surface area is 163 Å². The maximum Gasteiger partial charge on any atom is 0.188 e. The van der Waals surface area contributed by atoms with E-state index in [1.807, 2.05) is 0 Å². The van der Waals surface area contributed by atoms with Crippen molar-refractivity contribution in [3.05, 3.63) is 0 Å². The Morgan fingerprint density at radius 1 is 0.577 bits per heavy atom. The molecule has 0 bridgehead atoms. The summed E-state index contributed by atoms with van der Waals surface area (Å²) in [5, 5.41) is 19.8. The molecule has 0 aliphatic heterocycles. The molecule has 0 spiro atoms. The summed E-state index contributed by atoms with van der Waals surface area (Å²) in [7, 11) is 0. The minimum atomic E-state index is -1.32. The van der Waals surface area contributed by atoms with Crippen LogP contribution in [0.1, 0.15) is 129 Å². The Morgan fingerprint density at radius 3 is 1.38 bits per heavy atom. The minimum Gasteiger partial charge on any atom is -0.391 e. The molecule has 0 saturated heterocycles. The predicted octanol–water partition coefficient (Wildman–Crippen LogP) is 6.75. The Kier molecular flexibility index (Phi) is 19.5. The van der Waals surface area contributed by atoms with E-state index in [4.69, 9.17) is 4.74 Å². The number of ether oxygens (including phenoxy) is 1. The van der Waals surface area contributed by atoms with Crippen molar-refractivity contribution >= 4 is 0 Å². The molecule has 0 fully saturated rings. The van der Waals surface area contributed by atoms with Crippen LogP contribution in [0, 0.1) is 0 Å². The van der Waals surface area contributed by atoms with Gasteiger partial charge in [0.2, 0.25) is 0 Å². The van der Waals surface area contributed by atoms with Crippen LogP contribution < -0.4 is 0 Å². The maximum absolute atomic E-state index is 10.3. The summed E-state index contributed by atoms with van der Waals surface area (Å²) in [6, 6.07) is 0. The van der Waals surface area contributed by atoms with Gasteiger partial charge in [0, 0.05) is 6.42 Å². The summed E-state index contributed by atoms with van der Waals surface area (Å²) in [6.07, 6.45) is 21.9. The molecular formula is C23H48O3. The molecule has 3 heteroatoms. The average Bonchev–Trinajstić information content (AvgIpc) is 2.65. The molecule has 0 rings (SSSR count). The lowest BCUT2D eigenvalue weighted by Gasteiger charge is -2.26. The second-order valence-electron chi connectivity index (χ2n) is 8.01. The van der Waals surface area contributed by atoms with E-state index in [1.54, 1.807) is 0 Å². The molecule has 0 amide bonds. The predicted molar refractivity (Wildman–Crippen MR) is 112 cm³/mol. The molecule has 0 heterocycles. The molecular weight excluding hydrogens is 324 g/mol. The van der Waals surface area contributed by atoms with Crippen molar-refractivity contribution < 1.29 is 14.9 Å². The average molecular weight is 373 g/mol. The van der Waals surface area contributed by atoms with Gasteiger partial charge in [-0.3, -0.25) is 0 Å². The second kappa shape index (κ2) is 19.6. The van der Waals surface area contributed by atoms with Crippen molar-refractivity contribution in [3.63, 3.8) is 0 Å². The SMILES string of the molecule is CCCCCCCCCCCCC(O)(CO)OCCCCCCCCC. The highest BCUT2D eigenvalue weighted by Crippen LogP contribution is 2.19. The smallest absolute Gasteiger partial charge is 0.188 e. The van der Waals surface area contributed by atoms with Gasteiger partial charge in [0.05, 0.1) is 13.2 Å². The molecule has 0 aromatic rings. The molecule has 0 aromatic heterocycles. The molecule has 3 nitrogen and oxygen atoms in total. The van der Waals surface area contributed by atoms with Crippen molar-refractivity contribution in [2.24, 2.45) is 0 Å². The van der Waals surface area contributed by atoms with Gasteiger partial charge >= 0.3 is 0 Å². The van der Waals surface area contributed by atoms with Crippen LogP contribution in [0.15, 0.2) is 0 Å². The molecule has 158 valence electrons. The summed E-state index contributed by atoms with van der Waals surface area (Å²) < 4.78 is 5.59. The lowest BCUT2D eigenvalue weighted by molar-refractivity contribution is -0.228. The van der Waals surface area contributed by atoms with Crippen LogP contribution in [0.4, 0.5) is 0 Å². The van der Waals surface area contributed by atoms with Crippen LogP contribution in [0.25, 0.3) is 0 Å². The van der Waals surface area contributed by atoms with Gasteiger partial charge in [-0.25, -0.2) is 0 Å². The van der Waals surface area contributed by atoms with E-state index < -0.39 is 5.79 Å². The van der Waals surface area contributed by atoms with Gasteiger partial charge in [-0.1, -0.05) is 110 Å². The molecule has 26 heavy (non-hydrogen) atoms. The van der Waals surface area contributed by atoms with E-state index in [0.717, 1.165) is 25.7 Å². The quantitative estimate of drug-likeness (QED) is 0.173. The van der Waals surface area contributed by atoms with E-state index in [-0.39, 0.29) is 6.61 Å². The normalized spacial score (nSPS) is 13.8. The first-order valence-corrected chi connectivity index (χ1v) is 11.7. The van der Waals surface area contributed by atoms with Crippen molar-refractivity contribution in [3.8, 4) is 0 Å². The van der Waals surface area contributed by atoms with Crippen LogP contribution in [0.3, 0.4) is 0 Å². The highest BCUT2D eigenvalue weighted by atomic mass is 16.6. The van der Waals surface area contributed by atoms with Gasteiger partial charge in [0.1, 0.15) is 0 Å². The Balaban J connectivity index is 3.48. The number of hydrogen-bond donors (Lipinski definition) is 2. The third-order valence-electron chi connectivity index (χ3n) is 5.29. The zero-order chi connectivity index (χ0) is 19.3. The zero-order valence-corrected chi connectivity index (χ0v) is 17.9. The highest BCUT2D eigenvalue weighted by molar-refractivity contribution is 4.66. The fraction of sp³-hybridized carbons (Fsp3) is 1.00.